The summed E-state index contributed by atoms with van der Waals surface area (Å²) in [5, 5.41) is 16.9. The van der Waals surface area contributed by atoms with Crippen LogP contribution in [0.1, 0.15) is 5.56 Å². The molecule has 0 atom stereocenters. The maximum atomic E-state index is 11.8. The lowest BCUT2D eigenvalue weighted by Crippen LogP contribution is -2.29. The van der Waals surface area contributed by atoms with Crippen LogP contribution in [0.2, 0.25) is 0 Å². The Morgan fingerprint density at radius 1 is 1.19 bits per heavy atom. The normalized spacial score (nSPS) is 10.5. The van der Waals surface area contributed by atoms with Crippen LogP contribution >= 0.6 is 0 Å². The Bertz CT molecular complexity index is 740. The summed E-state index contributed by atoms with van der Waals surface area (Å²) < 4.78 is 1.48. The summed E-state index contributed by atoms with van der Waals surface area (Å²) in [6.07, 6.45) is 3.11. The molecule has 2 heterocycles. The SMILES string of the molecule is O=C(CNc1cncc2nnnn12)NCc1ccccc1. The summed E-state index contributed by atoms with van der Waals surface area (Å²) in [5.74, 6) is 0.441. The van der Waals surface area contributed by atoms with E-state index in [0.29, 0.717) is 18.0 Å². The molecule has 8 heteroatoms. The maximum Gasteiger partial charge on any atom is 0.239 e. The minimum atomic E-state index is -0.121. The van der Waals surface area contributed by atoms with Gasteiger partial charge in [0.15, 0.2) is 11.5 Å². The highest BCUT2D eigenvalue weighted by atomic mass is 16.1. The van der Waals surface area contributed by atoms with Crippen LogP contribution in [0.4, 0.5) is 5.82 Å². The minimum Gasteiger partial charge on any atom is -0.360 e. The van der Waals surface area contributed by atoms with Crippen molar-refractivity contribution < 1.29 is 4.79 Å². The number of fused-ring (bicyclic) bond motifs is 1. The highest BCUT2D eigenvalue weighted by molar-refractivity contribution is 5.80. The lowest BCUT2D eigenvalue weighted by Gasteiger charge is -2.08. The summed E-state index contributed by atoms with van der Waals surface area (Å²) in [5.41, 5.74) is 1.57. The van der Waals surface area contributed by atoms with Gasteiger partial charge in [-0.25, -0.2) is 0 Å². The van der Waals surface area contributed by atoms with Crippen LogP contribution in [0, 0.1) is 0 Å². The van der Waals surface area contributed by atoms with E-state index in [0.717, 1.165) is 5.56 Å². The lowest BCUT2D eigenvalue weighted by molar-refractivity contribution is -0.119. The van der Waals surface area contributed by atoms with Crippen molar-refractivity contribution in [3.05, 3.63) is 48.3 Å². The largest absolute Gasteiger partial charge is 0.360 e. The van der Waals surface area contributed by atoms with Gasteiger partial charge in [0.2, 0.25) is 5.91 Å². The van der Waals surface area contributed by atoms with E-state index in [9.17, 15) is 4.79 Å². The van der Waals surface area contributed by atoms with Gasteiger partial charge in [0.05, 0.1) is 18.9 Å². The highest BCUT2D eigenvalue weighted by Crippen LogP contribution is 2.04. The van der Waals surface area contributed by atoms with Gasteiger partial charge in [0, 0.05) is 6.54 Å². The Kier molecular flexibility index (Phi) is 3.68. The van der Waals surface area contributed by atoms with Crippen LogP contribution < -0.4 is 10.6 Å². The van der Waals surface area contributed by atoms with Gasteiger partial charge in [0.25, 0.3) is 0 Å². The van der Waals surface area contributed by atoms with Gasteiger partial charge in [-0.3, -0.25) is 9.78 Å². The summed E-state index contributed by atoms with van der Waals surface area (Å²) in [6, 6.07) is 9.72. The molecule has 3 aromatic rings. The Balaban J connectivity index is 1.55. The molecule has 0 spiro atoms. The van der Waals surface area contributed by atoms with Gasteiger partial charge in [-0.15, -0.1) is 5.10 Å². The molecule has 3 rings (SSSR count). The third-order valence-corrected chi connectivity index (χ3v) is 2.87. The first-order valence-electron chi connectivity index (χ1n) is 6.39. The molecular weight excluding hydrogens is 270 g/mol. The second-order valence-electron chi connectivity index (χ2n) is 4.36. The molecule has 0 saturated carbocycles. The van der Waals surface area contributed by atoms with Gasteiger partial charge >= 0.3 is 0 Å². The van der Waals surface area contributed by atoms with Crippen molar-refractivity contribution in [1.29, 1.82) is 0 Å². The molecule has 0 unspecified atom stereocenters. The first-order chi connectivity index (χ1) is 10.3. The maximum absolute atomic E-state index is 11.8. The van der Waals surface area contributed by atoms with Gasteiger partial charge in [-0.1, -0.05) is 30.3 Å². The number of hydrogen-bond acceptors (Lipinski definition) is 6. The summed E-state index contributed by atoms with van der Waals surface area (Å²) in [7, 11) is 0. The molecular formula is C13H13N7O. The molecule has 0 fully saturated rings. The lowest BCUT2D eigenvalue weighted by atomic mass is 10.2. The van der Waals surface area contributed by atoms with E-state index < -0.39 is 0 Å². The van der Waals surface area contributed by atoms with Crippen molar-refractivity contribution in [2.45, 2.75) is 6.54 Å². The molecule has 1 aromatic carbocycles. The molecule has 0 aliphatic heterocycles. The zero-order valence-electron chi connectivity index (χ0n) is 11.1. The van der Waals surface area contributed by atoms with E-state index in [-0.39, 0.29) is 12.5 Å². The monoisotopic (exact) mass is 283 g/mol. The Hall–Kier alpha value is -3.03. The first kappa shape index (κ1) is 13.0. The van der Waals surface area contributed by atoms with Crippen molar-refractivity contribution in [3.8, 4) is 0 Å². The van der Waals surface area contributed by atoms with Crippen molar-refractivity contribution in [1.82, 2.24) is 30.3 Å². The topological polar surface area (TPSA) is 97.1 Å². The van der Waals surface area contributed by atoms with Crippen molar-refractivity contribution in [3.63, 3.8) is 0 Å². The van der Waals surface area contributed by atoms with Gasteiger partial charge in [0.1, 0.15) is 0 Å². The molecule has 1 amide bonds. The number of carbonyl (C=O) groups excluding carboxylic acids is 1. The number of nitrogens with one attached hydrogen (secondary N) is 2. The van der Waals surface area contributed by atoms with Crippen LogP contribution in [0.3, 0.4) is 0 Å². The van der Waals surface area contributed by atoms with Gasteiger partial charge in [-0.2, -0.15) is 4.52 Å². The van der Waals surface area contributed by atoms with Gasteiger partial charge < -0.3 is 10.6 Å². The number of carbonyl (C=O) groups is 1. The minimum absolute atomic E-state index is 0.119. The molecule has 0 bridgehead atoms. The fraction of sp³-hybridized carbons (Fsp3) is 0.154. The van der Waals surface area contributed by atoms with E-state index in [1.165, 1.54) is 4.52 Å². The van der Waals surface area contributed by atoms with Crippen LogP contribution in [0.5, 0.6) is 0 Å². The van der Waals surface area contributed by atoms with E-state index in [1.807, 2.05) is 30.3 Å². The number of anilines is 1. The van der Waals surface area contributed by atoms with Crippen molar-refractivity contribution in [2.24, 2.45) is 0 Å². The summed E-state index contributed by atoms with van der Waals surface area (Å²) in [4.78, 5) is 15.8. The smallest absolute Gasteiger partial charge is 0.239 e. The van der Waals surface area contributed by atoms with Crippen molar-refractivity contribution >= 4 is 17.4 Å². The fourth-order valence-electron chi connectivity index (χ4n) is 1.83. The predicted molar refractivity (Wildman–Crippen MR) is 75.4 cm³/mol. The Morgan fingerprint density at radius 2 is 2.05 bits per heavy atom. The molecule has 2 aromatic heterocycles. The third kappa shape index (κ3) is 3.11. The quantitative estimate of drug-likeness (QED) is 0.696. The number of hydrogen-bond donors (Lipinski definition) is 2. The number of rotatable bonds is 5. The number of benzene rings is 1. The van der Waals surface area contributed by atoms with E-state index >= 15 is 0 Å². The first-order valence-corrected chi connectivity index (χ1v) is 6.39. The molecule has 21 heavy (non-hydrogen) atoms. The molecule has 0 aliphatic carbocycles. The molecule has 0 aliphatic rings. The van der Waals surface area contributed by atoms with Crippen LogP contribution in [-0.4, -0.2) is 37.5 Å². The molecule has 8 nitrogen and oxygen atoms in total. The number of amides is 1. The highest BCUT2D eigenvalue weighted by Gasteiger charge is 2.06. The standard InChI is InChI=1S/C13H13N7O/c21-13(16-6-10-4-2-1-3-5-10)9-15-11-7-14-8-12-17-18-19-20(11)12/h1-5,7-8,15H,6,9H2,(H,16,21). The molecule has 106 valence electrons. The zero-order chi connectivity index (χ0) is 14.5. The second kappa shape index (κ2) is 5.95. The van der Waals surface area contributed by atoms with Gasteiger partial charge in [-0.05, 0) is 16.0 Å². The van der Waals surface area contributed by atoms with E-state index in [4.69, 9.17) is 0 Å². The summed E-state index contributed by atoms with van der Waals surface area (Å²) >= 11 is 0. The van der Waals surface area contributed by atoms with Crippen molar-refractivity contribution in [2.75, 3.05) is 11.9 Å². The molecule has 0 saturated heterocycles. The zero-order valence-corrected chi connectivity index (χ0v) is 11.1. The second-order valence-corrected chi connectivity index (χ2v) is 4.36. The summed E-state index contributed by atoms with van der Waals surface area (Å²) in [6.45, 7) is 0.613. The average Bonchev–Trinajstić information content (AvgIpc) is 3.01. The number of tetrazole rings is 1. The number of nitrogens with zero attached hydrogens (tertiary/aromatic N) is 5. The predicted octanol–water partition coefficient (Wildman–Crippen LogP) is 0.248. The third-order valence-electron chi connectivity index (χ3n) is 2.87. The Morgan fingerprint density at radius 3 is 2.90 bits per heavy atom. The van der Waals surface area contributed by atoms with Crippen LogP contribution in [0.25, 0.3) is 5.65 Å². The average molecular weight is 283 g/mol. The fourth-order valence-corrected chi connectivity index (χ4v) is 1.83. The molecule has 2 N–H and O–H groups in total. The Labute approximate surface area is 120 Å². The number of aromatic nitrogens is 5. The van der Waals surface area contributed by atoms with Crippen LogP contribution in [-0.2, 0) is 11.3 Å². The van der Waals surface area contributed by atoms with E-state index in [1.54, 1.807) is 12.4 Å². The van der Waals surface area contributed by atoms with Crippen LogP contribution in [0.15, 0.2) is 42.7 Å². The molecule has 0 radical (unpaired) electrons. The van der Waals surface area contributed by atoms with E-state index in [2.05, 4.69) is 31.1 Å².